The van der Waals surface area contributed by atoms with Gasteiger partial charge in [0.05, 0.1) is 16.6 Å². The Hall–Kier alpha value is -3.08. The van der Waals surface area contributed by atoms with E-state index in [-0.39, 0.29) is 5.56 Å². The van der Waals surface area contributed by atoms with Crippen molar-refractivity contribution in [1.29, 1.82) is 0 Å². The van der Waals surface area contributed by atoms with Gasteiger partial charge in [-0.3, -0.25) is 9.78 Å². The summed E-state index contributed by atoms with van der Waals surface area (Å²) in [5, 5.41) is 0.724. The van der Waals surface area contributed by atoms with Crippen LogP contribution in [0.1, 0.15) is 44.8 Å². The lowest BCUT2D eigenvalue weighted by atomic mass is 9.90. The average molecular weight is 363 g/mol. The van der Waals surface area contributed by atoms with Crippen LogP contribution >= 0.6 is 0 Å². The minimum absolute atomic E-state index is 0.0769. The predicted octanol–water partition coefficient (Wildman–Crippen LogP) is 4.29. The Labute approximate surface area is 156 Å². The Morgan fingerprint density at radius 3 is 2.59 bits per heavy atom. The molecule has 1 heterocycles. The molecular formula is C22H18FNO3. The molecule has 0 bridgehead atoms. The Morgan fingerprint density at radius 2 is 1.74 bits per heavy atom. The van der Waals surface area contributed by atoms with Gasteiger partial charge in [-0.1, -0.05) is 30.3 Å². The zero-order valence-electron chi connectivity index (χ0n) is 14.7. The van der Waals surface area contributed by atoms with Crippen LogP contribution in [0.25, 0.3) is 10.9 Å². The number of halogens is 1. The molecule has 2 aromatic carbocycles. The largest absolute Gasteiger partial charge is 0.454 e. The molecule has 0 aliphatic heterocycles. The Bertz CT molecular complexity index is 1040. The van der Waals surface area contributed by atoms with Gasteiger partial charge >= 0.3 is 5.97 Å². The van der Waals surface area contributed by atoms with Crippen LogP contribution in [0.5, 0.6) is 0 Å². The number of rotatable bonds is 4. The molecule has 4 rings (SSSR count). The first-order valence-electron chi connectivity index (χ1n) is 9.00. The Kier molecular flexibility index (Phi) is 4.67. The second-order valence-corrected chi connectivity index (χ2v) is 6.62. The molecule has 136 valence electrons. The topological polar surface area (TPSA) is 56.3 Å². The van der Waals surface area contributed by atoms with Crippen molar-refractivity contribution >= 4 is 22.7 Å². The molecule has 27 heavy (non-hydrogen) atoms. The van der Waals surface area contributed by atoms with Crippen molar-refractivity contribution in [3.05, 3.63) is 76.7 Å². The summed E-state index contributed by atoms with van der Waals surface area (Å²) in [5.41, 5.74) is 2.98. The lowest BCUT2D eigenvalue weighted by Gasteiger charge is -2.19. The molecule has 1 aromatic heterocycles. The summed E-state index contributed by atoms with van der Waals surface area (Å²) in [4.78, 5) is 29.8. The van der Waals surface area contributed by atoms with Gasteiger partial charge in [-0.2, -0.15) is 0 Å². The highest BCUT2D eigenvalue weighted by atomic mass is 19.1. The molecule has 5 heteroatoms. The summed E-state index contributed by atoms with van der Waals surface area (Å²) < 4.78 is 19.0. The van der Waals surface area contributed by atoms with Crippen molar-refractivity contribution in [3.8, 4) is 0 Å². The fraction of sp³-hybridized carbons (Fsp3) is 0.227. The number of ether oxygens (including phenoxy) is 1. The number of pyridine rings is 1. The van der Waals surface area contributed by atoms with Crippen molar-refractivity contribution in [3.63, 3.8) is 0 Å². The maximum atomic E-state index is 13.8. The number of benzene rings is 2. The first kappa shape index (κ1) is 17.3. The summed E-state index contributed by atoms with van der Waals surface area (Å²) in [6.07, 6.45) is 3.62. The number of nitrogens with zero attached hydrogens (tertiary/aromatic N) is 1. The number of carbonyl (C=O) groups excluding carboxylic acids is 2. The summed E-state index contributed by atoms with van der Waals surface area (Å²) >= 11 is 0. The average Bonchev–Trinajstić information content (AvgIpc) is 2.70. The van der Waals surface area contributed by atoms with Gasteiger partial charge in [-0.15, -0.1) is 0 Å². The number of Topliss-reactive ketones (excluding diaryl/α,β-unsaturated/α-hetero) is 1. The number of ketones is 1. The quantitative estimate of drug-likeness (QED) is 0.512. The van der Waals surface area contributed by atoms with Crippen LogP contribution in [0.4, 0.5) is 4.39 Å². The van der Waals surface area contributed by atoms with Crippen molar-refractivity contribution in [2.45, 2.75) is 25.7 Å². The number of para-hydroxylation sites is 1. The third kappa shape index (κ3) is 3.33. The molecule has 0 fully saturated rings. The fourth-order valence-electron chi connectivity index (χ4n) is 3.57. The predicted molar refractivity (Wildman–Crippen MR) is 99.4 cm³/mol. The van der Waals surface area contributed by atoms with Gasteiger partial charge in [0.25, 0.3) is 0 Å². The van der Waals surface area contributed by atoms with Crippen LogP contribution < -0.4 is 0 Å². The van der Waals surface area contributed by atoms with Crippen molar-refractivity contribution in [2.24, 2.45) is 0 Å². The number of esters is 1. The molecule has 1 aliphatic rings. The van der Waals surface area contributed by atoms with Gasteiger partial charge in [-0.05, 0) is 49.4 Å². The minimum atomic E-state index is -0.620. The number of fused-ring (bicyclic) bond motifs is 2. The summed E-state index contributed by atoms with van der Waals surface area (Å²) in [5.74, 6) is -1.74. The number of aryl methyl sites for hydroxylation is 1. The lowest BCUT2D eigenvalue weighted by Crippen LogP contribution is -2.19. The van der Waals surface area contributed by atoms with E-state index in [1.807, 2.05) is 24.3 Å². The standard InChI is InChI=1S/C22H18FNO3/c23-17-10-4-1-7-14(17)20(25)13-27-22(26)21-15-8-2-5-11-18(15)24-19-12-6-3-9-16(19)21/h1-2,4-5,7-8,10-11H,3,6,9,12-13H2. The normalized spacial score (nSPS) is 13.2. The number of aromatic nitrogens is 1. The van der Waals surface area contributed by atoms with E-state index in [1.165, 1.54) is 18.2 Å². The van der Waals surface area contributed by atoms with Gasteiger partial charge in [-0.25, -0.2) is 9.18 Å². The minimum Gasteiger partial charge on any atom is -0.454 e. The van der Waals surface area contributed by atoms with Crippen molar-refractivity contribution < 1.29 is 18.7 Å². The molecule has 0 saturated heterocycles. The van der Waals surface area contributed by atoms with E-state index in [2.05, 4.69) is 4.98 Å². The highest BCUT2D eigenvalue weighted by molar-refractivity contribution is 6.06. The summed E-state index contributed by atoms with van der Waals surface area (Å²) in [6, 6.07) is 13.1. The van der Waals surface area contributed by atoms with Crippen LogP contribution in [-0.2, 0) is 17.6 Å². The van der Waals surface area contributed by atoms with E-state index in [9.17, 15) is 14.0 Å². The highest BCUT2D eigenvalue weighted by Crippen LogP contribution is 2.29. The van der Waals surface area contributed by atoms with Gasteiger partial charge in [0.15, 0.2) is 6.61 Å². The van der Waals surface area contributed by atoms with Crippen LogP contribution in [0.2, 0.25) is 0 Å². The van der Waals surface area contributed by atoms with Gasteiger partial charge < -0.3 is 4.74 Å². The van der Waals surface area contributed by atoms with E-state index >= 15 is 0 Å². The fourth-order valence-corrected chi connectivity index (χ4v) is 3.57. The maximum Gasteiger partial charge on any atom is 0.339 e. The van der Waals surface area contributed by atoms with E-state index < -0.39 is 24.2 Å². The SMILES string of the molecule is O=C(COC(=O)c1c2c(nc3ccccc13)CCCC2)c1ccccc1F. The van der Waals surface area contributed by atoms with Crippen molar-refractivity contribution in [2.75, 3.05) is 6.61 Å². The molecule has 0 N–H and O–H groups in total. The molecule has 0 radical (unpaired) electrons. The van der Waals surface area contributed by atoms with Crippen LogP contribution in [0.3, 0.4) is 0 Å². The van der Waals surface area contributed by atoms with E-state index in [4.69, 9.17) is 4.74 Å². The Morgan fingerprint density at radius 1 is 1.00 bits per heavy atom. The molecular weight excluding hydrogens is 345 g/mol. The molecule has 0 unspecified atom stereocenters. The van der Waals surface area contributed by atoms with Crippen LogP contribution in [0.15, 0.2) is 48.5 Å². The third-order valence-corrected chi connectivity index (χ3v) is 4.88. The van der Waals surface area contributed by atoms with Gasteiger partial charge in [0.2, 0.25) is 5.78 Å². The first-order valence-corrected chi connectivity index (χ1v) is 9.00. The summed E-state index contributed by atoms with van der Waals surface area (Å²) in [7, 11) is 0. The zero-order chi connectivity index (χ0) is 18.8. The third-order valence-electron chi connectivity index (χ3n) is 4.88. The lowest BCUT2D eigenvalue weighted by molar-refractivity contribution is 0.0474. The van der Waals surface area contributed by atoms with Gasteiger partial charge in [0, 0.05) is 11.1 Å². The molecule has 0 atom stereocenters. The second kappa shape index (κ2) is 7.27. The Balaban J connectivity index is 1.65. The van der Waals surface area contributed by atoms with Crippen LogP contribution in [-0.4, -0.2) is 23.3 Å². The molecule has 1 aliphatic carbocycles. The molecule has 0 amide bonds. The maximum absolute atomic E-state index is 13.8. The number of carbonyl (C=O) groups is 2. The molecule has 0 spiro atoms. The summed E-state index contributed by atoms with van der Waals surface area (Å²) in [6.45, 7) is -0.495. The van der Waals surface area contributed by atoms with Crippen LogP contribution in [0, 0.1) is 5.82 Å². The molecule has 4 nitrogen and oxygen atoms in total. The highest BCUT2D eigenvalue weighted by Gasteiger charge is 2.24. The zero-order valence-corrected chi connectivity index (χ0v) is 14.7. The smallest absolute Gasteiger partial charge is 0.339 e. The van der Waals surface area contributed by atoms with Gasteiger partial charge in [0.1, 0.15) is 5.82 Å². The van der Waals surface area contributed by atoms with E-state index in [0.717, 1.165) is 47.8 Å². The van der Waals surface area contributed by atoms with E-state index in [1.54, 1.807) is 6.07 Å². The number of hydrogen-bond acceptors (Lipinski definition) is 4. The van der Waals surface area contributed by atoms with E-state index in [0.29, 0.717) is 5.56 Å². The molecule has 0 saturated carbocycles. The second-order valence-electron chi connectivity index (χ2n) is 6.62. The molecule has 3 aromatic rings. The monoisotopic (exact) mass is 363 g/mol. The first-order chi connectivity index (χ1) is 13.1. The van der Waals surface area contributed by atoms with Crippen molar-refractivity contribution in [1.82, 2.24) is 4.98 Å². The number of hydrogen-bond donors (Lipinski definition) is 0.